The zero-order valence-electron chi connectivity index (χ0n) is 17.2. The lowest BCUT2D eigenvalue weighted by molar-refractivity contribution is -0.125. The van der Waals surface area contributed by atoms with Crippen LogP contribution in [0, 0.1) is 5.92 Å². The Labute approximate surface area is 185 Å². The molecule has 0 bridgehead atoms. The van der Waals surface area contributed by atoms with E-state index in [-0.39, 0.29) is 18.4 Å². The smallest absolute Gasteiger partial charge is 0.408 e. The number of rotatable bonds is 12. The maximum atomic E-state index is 12.7. The fraction of sp³-hybridized carbons (Fsp3) is 0.409. The third-order valence-electron chi connectivity index (χ3n) is 4.17. The number of ether oxygens (including phenoxy) is 1. The molecule has 1 heterocycles. The molecule has 0 fully saturated rings. The van der Waals surface area contributed by atoms with Crippen molar-refractivity contribution in [2.75, 3.05) is 5.75 Å². The molecule has 0 radical (unpaired) electrons. The second kappa shape index (κ2) is 13.1. The standard InChI is InChI=1S/C22H28N2O4S2/c1-16(2)10-20(24-22(27)28-12-17-6-4-3-5-7-17)21(26)23-19(11-25)15-30-14-18-8-9-29-13-18/h3-9,11,13,16,19-20H,10,12,14-15H2,1-2H3,(H,23,26)(H,24,27)/t19?,20-/m1/s1. The lowest BCUT2D eigenvalue weighted by atomic mass is 10.0. The van der Waals surface area contributed by atoms with Crippen molar-refractivity contribution in [3.63, 3.8) is 0 Å². The average Bonchev–Trinajstić information content (AvgIpc) is 3.25. The van der Waals surface area contributed by atoms with Crippen molar-refractivity contribution in [2.45, 2.75) is 44.7 Å². The number of thiophene rings is 1. The van der Waals surface area contributed by atoms with E-state index in [1.54, 1.807) is 23.1 Å². The minimum absolute atomic E-state index is 0.124. The normalized spacial score (nSPS) is 12.8. The van der Waals surface area contributed by atoms with E-state index in [9.17, 15) is 14.4 Å². The van der Waals surface area contributed by atoms with Crippen LogP contribution in [0.5, 0.6) is 0 Å². The topological polar surface area (TPSA) is 84.5 Å². The predicted octanol–water partition coefficient (Wildman–Crippen LogP) is 4.01. The quantitative estimate of drug-likeness (QED) is 0.479. The molecule has 0 aliphatic heterocycles. The number of nitrogens with one attached hydrogen (secondary N) is 2. The molecular formula is C22H28N2O4S2. The molecule has 2 atom stereocenters. The van der Waals surface area contributed by atoms with Gasteiger partial charge in [0.25, 0.3) is 0 Å². The Morgan fingerprint density at radius 2 is 1.90 bits per heavy atom. The maximum absolute atomic E-state index is 12.7. The Morgan fingerprint density at radius 1 is 1.13 bits per heavy atom. The summed E-state index contributed by atoms with van der Waals surface area (Å²) in [5, 5.41) is 9.44. The molecule has 162 valence electrons. The van der Waals surface area contributed by atoms with E-state index in [1.165, 1.54) is 5.56 Å². The Hall–Kier alpha value is -2.32. The molecule has 6 nitrogen and oxygen atoms in total. The molecule has 30 heavy (non-hydrogen) atoms. The van der Waals surface area contributed by atoms with Crippen LogP contribution in [0.1, 0.15) is 31.4 Å². The SMILES string of the molecule is CC(C)C[C@@H](NC(=O)OCc1ccccc1)C(=O)NC(C=O)CSCc1ccsc1. The van der Waals surface area contributed by atoms with Gasteiger partial charge in [-0.2, -0.15) is 23.1 Å². The number of hydrogen-bond donors (Lipinski definition) is 2. The van der Waals surface area contributed by atoms with Gasteiger partial charge in [-0.05, 0) is 40.3 Å². The third-order valence-corrected chi connectivity index (χ3v) is 6.03. The molecule has 1 unspecified atom stereocenters. The Balaban J connectivity index is 1.84. The number of thioether (sulfide) groups is 1. The molecule has 2 aromatic rings. The summed E-state index contributed by atoms with van der Waals surface area (Å²) in [5.41, 5.74) is 2.06. The summed E-state index contributed by atoms with van der Waals surface area (Å²) in [5.74, 6) is 1.05. The predicted molar refractivity (Wildman–Crippen MR) is 121 cm³/mol. The average molecular weight is 449 g/mol. The van der Waals surface area contributed by atoms with E-state index in [2.05, 4.69) is 16.0 Å². The molecule has 2 N–H and O–H groups in total. The molecule has 0 saturated carbocycles. The monoisotopic (exact) mass is 448 g/mol. The van der Waals surface area contributed by atoms with Crippen LogP contribution in [-0.4, -0.2) is 36.1 Å². The van der Waals surface area contributed by atoms with Crippen LogP contribution in [0.15, 0.2) is 47.2 Å². The van der Waals surface area contributed by atoms with E-state index >= 15 is 0 Å². The van der Waals surface area contributed by atoms with Crippen LogP contribution in [0.25, 0.3) is 0 Å². The zero-order chi connectivity index (χ0) is 21.8. The summed E-state index contributed by atoms with van der Waals surface area (Å²) in [6.07, 6.45) is 0.521. The van der Waals surface area contributed by atoms with Crippen LogP contribution >= 0.6 is 23.1 Å². The first-order valence-electron chi connectivity index (χ1n) is 9.79. The number of alkyl carbamates (subject to hydrolysis) is 1. The second-order valence-electron chi connectivity index (χ2n) is 7.29. The summed E-state index contributed by atoms with van der Waals surface area (Å²) in [6.45, 7) is 4.05. The first-order chi connectivity index (χ1) is 14.5. The van der Waals surface area contributed by atoms with Crippen molar-refractivity contribution in [3.05, 3.63) is 58.3 Å². The van der Waals surface area contributed by atoms with E-state index in [0.717, 1.165) is 17.6 Å². The van der Waals surface area contributed by atoms with Gasteiger partial charge in [0, 0.05) is 11.5 Å². The molecule has 0 saturated heterocycles. The van der Waals surface area contributed by atoms with Gasteiger partial charge in [-0.25, -0.2) is 4.79 Å². The molecule has 2 amide bonds. The van der Waals surface area contributed by atoms with Crippen molar-refractivity contribution in [1.29, 1.82) is 0 Å². The first-order valence-corrected chi connectivity index (χ1v) is 11.9. The molecule has 0 aliphatic carbocycles. The van der Waals surface area contributed by atoms with Gasteiger partial charge in [-0.1, -0.05) is 44.2 Å². The van der Waals surface area contributed by atoms with E-state index in [4.69, 9.17) is 4.74 Å². The lowest BCUT2D eigenvalue weighted by Crippen LogP contribution is -2.51. The van der Waals surface area contributed by atoms with Crippen molar-refractivity contribution in [2.24, 2.45) is 5.92 Å². The number of hydrogen-bond acceptors (Lipinski definition) is 6. The highest BCUT2D eigenvalue weighted by Gasteiger charge is 2.24. The lowest BCUT2D eigenvalue weighted by Gasteiger charge is -2.22. The number of amides is 2. The summed E-state index contributed by atoms with van der Waals surface area (Å²) in [7, 11) is 0. The summed E-state index contributed by atoms with van der Waals surface area (Å²) in [6, 6.07) is 9.98. The minimum atomic E-state index is -0.766. The van der Waals surface area contributed by atoms with Crippen molar-refractivity contribution >= 4 is 41.4 Å². The van der Waals surface area contributed by atoms with Gasteiger partial charge in [0.2, 0.25) is 5.91 Å². The van der Waals surface area contributed by atoms with Gasteiger partial charge in [0.05, 0.1) is 6.04 Å². The number of benzene rings is 1. The van der Waals surface area contributed by atoms with Crippen LogP contribution in [-0.2, 0) is 26.7 Å². The fourth-order valence-electron chi connectivity index (χ4n) is 2.69. The maximum Gasteiger partial charge on any atom is 0.408 e. The van der Waals surface area contributed by atoms with Gasteiger partial charge in [-0.15, -0.1) is 0 Å². The van der Waals surface area contributed by atoms with Crippen LogP contribution < -0.4 is 10.6 Å². The van der Waals surface area contributed by atoms with Gasteiger partial charge in [0.15, 0.2) is 0 Å². The largest absolute Gasteiger partial charge is 0.445 e. The van der Waals surface area contributed by atoms with Gasteiger partial charge < -0.3 is 20.2 Å². The number of carbonyl (C=O) groups excluding carboxylic acids is 3. The molecule has 0 aliphatic rings. The van der Waals surface area contributed by atoms with Gasteiger partial charge in [0.1, 0.15) is 18.9 Å². The summed E-state index contributed by atoms with van der Waals surface area (Å²) >= 11 is 3.21. The fourth-order valence-corrected chi connectivity index (χ4v) is 4.41. The first kappa shape index (κ1) is 24.0. The highest BCUT2D eigenvalue weighted by atomic mass is 32.2. The van der Waals surface area contributed by atoms with Crippen LogP contribution in [0.4, 0.5) is 4.79 Å². The second-order valence-corrected chi connectivity index (χ2v) is 9.10. The Bertz CT molecular complexity index is 782. The highest BCUT2D eigenvalue weighted by Crippen LogP contribution is 2.15. The van der Waals surface area contributed by atoms with Gasteiger partial charge >= 0.3 is 6.09 Å². The van der Waals surface area contributed by atoms with E-state index in [1.807, 2.05) is 55.6 Å². The molecule has 0 spiro atoms. The molecule has 2 rings (SSSR count). The Kier molecular flexibility index (Phi) is 10.4. The van der Waals surface area contributed by atoms with Crippen molar-refractivity contribution in [3.8, 4) is 0 Å². The van der Waals surface area contributed by atoms with Crippen LogP contribution in [0.2, 0.25) is 0 Å². The summed E-state index contributed by atoms with van der Waals surface area (Å²) in [4.78, 5) is 36.3. The van der Waals surface area contributed by atoms with Crippen molar-refractivity contribution < 1.29 is 19.1 Å². The molecular weight excluding hydrogens is 420 g/mol. The Morgan fingerprint density at radius 3 is 2.53 bits per heavy atom. The van der Waals surface area contributed by atoms with E-state index in [0.29, 0.717) is 12.2 Å². The van der Waals surface area contributed by atoms with Crippen LogP contribution in [0.3, 0.4) is 0 Å². The highest BCUT2D eigenvalue weighted by molar-refractivity contribution is 7.98. The molecule has 1 aromatic heterocycles. The zero-order valence-corrected chi connectivity index (χ0v) is 18.8. The molecule has 8 heteroatoms. The van der Waals surface area contributed by atoms with Gasteiger partial charge in [-0.3, -0.25) is 4.79 Å². The summed E-state index contributed by atoms with van der Waals surface area (Å²) < 4.78 is 5.23. The van der Waals surface area contributed by atoms with E-state index < -0.39 is 18.2 Å². The molecule has 1 aromatic carbocycles. The third kappa shape index (κ3) is 9.00. The number of carbonyl (C=O) groups is 3. The minimum Gasteiger partial charge on any atom is -0.445 e. The van der Waals surface area contributed by atoms with Crippen molar-refractivity contribution in [1.82, 2.24) is 10.6 Å². The number of aldehydes is 1.